The Kier molecular flexibility index (Phi) is 4.47. The second-order valence-electron chi connectivity index (χ2n) is 6.76. The summed E-state index contributed by atoms with van der Waals surface area (Å²) in [6, 6.07) is 7.07. The third-order valence-electron chi connectivity index (χ3n) is 5.17. The van der Waals surface area contributed by atoms with Gasteiger partial charge in [0, 0.05) is 30.0 Å². The van der Waals surface area contributed by atoms with Crippen molar-refractivity contribution in [2.24, 2.45) is 10.9 Å². The molecule has 3 heterocycles. The first-order chi connectivity index (χ1) is 13.1. The molecule has 1 aromatic heterocycles. The van der Waals surface area contributed by atoms with Crippen LogP contribution in [-0.4, -0.2) is 40.6 Å². The summed E-state index contributed by atoms with van der Waals surface area (Å²) in [6.07, 6.45) is 2.27. The van der Waals surface area contributed by atoms with Gasteiger partial charge in [-0.05, 0) is 42.8 Å². The van der Waals surface area contributed by atoms with E-state index in [1.807, 2.05) is 4.90 Å². The molecule has 0 N–H and O–H groups in total. The summed E-state index contributed by atoms with van der Waals surface area (Å²) in [5, 5.41) is 11.8. The number of hydrogen-bond acceptors (Lipinski definition) is 6. The van der Waals surface area contributed by atoms with Crippen LogP contribution in [0, 0.1) is 21.8 Å². The van der Waals surface area contributed by atoms with E-state index in [1.165, 1.54) is 30.5 Å². The van der Waals surface area contributed by atoms with Gasteiger partial charge in [-0.25, -0.2) is 4.39 Å². The van der Waals surface area contributed by atoms with Crippen LogP contribution >= 0.6 is 0 Å². The van der Waals surface area contributed by atoms with Gasteiger partial charge in [0.1, 0.15) is 17.4 Å². The first-order valence-corrected chi connectivity index (χ1v) is 8.84. The number of fused-ring (bicyclic) bond motifs is 1. The fourth-order valence-electron chi connectivity index (χ4n) is 3.96. The summed E-state index contributed by atoms with van der Waals surface area (Å²) in [5.41, 5.74) is 0.327. The number of nitro groups is 1. The van der Waals surface area contributed by atoms with E-state index >= 15 is 0 Å². The van der Waals surface area contributed by atoms with Gasteiger partial charge in [0.25, 0.3) is 0 Å². The molecule has 0 amide bonds. The summed E-state index contributed by atoms with van der Waals surface area (Å²) in [4.78, 5) is 30.9. The number of piperidine rings is 1. The van der Waals surface area contributed by atoms with Gasteiger partial charge in [-0.1, -0.05) is 0 Å². The molecule has 0 bridgehead atoms. The van der Waals surface area contributed by atoms with Crippen molar-refractivity contribution in [1.82, 2.24) is 4.90 Å². The zero-order chi connectivity index (χ0) is 19.0. The zero-order valence-electron chi connectivity index (χ0n) is 14.5. The Labute approximate surface area is 154 Å². The van der Waals surface area contributed by atoms with Gasteiger partial charge >= 0.3 is 0 Å². The highest BCUT2D eigenvalue weighted by Crippen LogP contribution is 2.39. The number of Topliss-reactive ketones (excluding diaryl/α,β-unsaturated/α-hetero) is 1. The number of ketones is 1. The second kappa shape index (κ2) is 6.94. The van der Waals surface area contributed by atoms with Crippen LogP contribution in [0.2, 0.25) is 0 Å². The number of carbonyl (C=O) groups excluding carboxylic acids is 1. The Hall–Kier alpha value is -3.03. The molecule has 4 rings (SSSR count). The van der Waals surface area contributed by atoms with Crippen LogP contribution in [0.15, 0.2) is 52.1 Å². The van der Waals surface area contributed by atoms with Crippen LogP contribution in [0.3, 0.4) is 0 Å². The Morgan fingerprint density at radius 3 is 2.74 bits per heavy atom. The zero-order valence-corrected chi connectivity index (χ0v) is 14.5. The van der Waals surface area contributed by atoms with Crippen molar-refractivity contribution in [2.45, 2.75) is 24.9 Å². The second-order valence-corrected chi connectivity index (χ2v) is 6.76. The molecule has 2 aliphatic rings. The van der Waals surface area contributed by atoms with E-state index in [0.29, 0.717) is 30.2 Å². The van der Waals surface area contributed by atoms with E-state index in [-0.39, 0.29) is 17.1 Å². The molecule has 3 atom stereocenters. The van der Waals surface area contributed by atoms with Gasteiger partial charge in [-0.3, -0.25) is 19.9 Å². The number of halogens is 1. The van der Waals surface area contributed by atoms with Crippen molar-refractivity contribution in [3.8, 4) is 0 Å². The molecule has 3 unspecified atom stereocenters. The van der Waals surface area contributed by atoms with Gasteiger partial charge in [0.15, 0.2) is 11.8 Å². The maximum atomic E-state index is 13.2. The highest BCUT2D eigenvalue weighted by molar-refractivity contribution is 6.12. The number of nitrogens with zero attached hydrogens (tertiary/aromatic N) is 3. The monoisotopic (exact) mass is 371 g/mol. The molecule has 140 valence electrons. The van der Waals surface area contributed by atoms with Crippen LogP contribution < -0.4 is 0 Å². The smallest absolute Gasteiger partial charge is 0.241 e. The fourth-order valence-corrected chi connectivity index (χ4v) is 3.96. The van der Waals surface area contributed by atoms with Crippen LogP contribution in [0.25, 0.3) is 0 Å². The molecule has 27 heavy (non-hydrogen) atoms. The van der Waals surface area contributed by atoms with Crippen molar-refractivity contribution in [1.29, 1.82) is 0 Å². The van der Waals surface area contributed by atoms with E-state index in [4.69, 9.17) is 4.42 Å². The van der Waals surface area contributed by atoms with Gasteiger partial charge in [0.2, 0.25) is 6.04 Å². The predicted octanol–water partition coefficient (Wildman–Crippen LogP) is 3.11. The topological polar surface area (TPSA) is 88.9 Å². The highest BCUT2D eigenvalue weighted by Gasteiger charge is 2.51. The number of furan rings is 1. The molecule has 2 aromatic rings. The first-order valence-electron chi connectivity index (χ1n) is 8.84. The molecule has 2 aliphatic heterocycles. The van der Waals surface area contributed by atoms with Crippen molar-refractivity contribution in [3.05, 3.63) is 69.9 Å². The lowest BCUT2D eigenvalue weighted by Crippen LogP contribution is -2.55. The normalized spacial score (nSPS) is 24.9. The van der Waals surface area contributed by atoms with Gasteiger partial charge in [-0.15, -0.1) is 0 Å². The van der Waals surface area contributed by atoms with Crippen molar-refractivity contribution >= 4 is 11.6 Å². The molecule has 7 nitrogen and oxygen atoms in total. The third-order valence-corrected chi connectivity index (χ3v) is 5.17. The molecule has 1 saturated heterocycles. The number of aliphatic imine (C=N–C) groups is 1. The minimum atomic E-state index is -0.998. The quantitative estimate of drug-likeness (QED) is 0.468. The average molecular weight is 371 g/mol. The molecule has 0 saturated carbocycles. The highest BCUT2D eigenvalue weighted by atomic mass is 19.1. The van der Waals surface area contributed by atoms with Crippen molar-refractivity contribution in [3.63, 3.8) is 0 Å². The summed E-state index contributed by atoms with van der Waals surface area (Å²) in [5.74, 6) is -0.371. The number of hydrogen-bond donors (Lipinski definition) is 0. The molecule has 8 heteroatoms. The summed E-state index contributed by atoms with van der Waals surface area (Å²) < 4.78 is 18.7. The minimum Gasteiger partial charge on any atom is -0.467 e. The molecule has 0 aliphatic carbocycles. The lowest BCUT2D eigenvalue weighted by atomic mass is 9.81. The number of benzene rings is 1. The largest absolute Gasteiger partial charge is 0.467 e. The summed E-state index contributed by atoms with van der Waals surface area (Å²) >= 11 is 0. The van der Waals surface area contributed by atoms with E-state index < -0.39 is 23.8 Å². The Bertz CT molecular complexity index is 879. The average Bonchev–Trinajstić information content (AvgIpc) is 3.21. The molecule has 0 radical (unpaired) electrons. The van der Waals surface area contributed by atoms with Crippen LogP contribution in [0.4, 0.5) is 4.39 Å². The van der Waals surface area contributed by atoms with Crippen LogP contribution in [-0.2, 0) is 0 Å². The lowest BCUT2D eigenvalue weighted by molar-refractivity contribution is -0.534. The van der Waals surface area contributed by atoms with Crippen molar-refractivity contribution < 1.29 is 18.5 Å². The first kappa shape index (κ1) is 17.4. The Morgan fingerprint density at radius 1 is 1.30 bits per heavy atom. The maximum Gasteiger partial charge on any atom is 0.241 e. The number of rotatable bonds is 4. The summed E-state index contributed by atoms with van der Waals surface area (Å²) in [7, 11) is 0. The van der Waals surface area contributed by atoms with E-state index in [2.05, 4.69) is 4.99 Å². The fraction of sp³-hybridized carbons (Fsp3) is 0.368. The van der Waals surface area contributed by atoms with Crippen LogP contribution in [0.5, 0.6) is 0 Å². The summed E-state index contributed by atoms with van der Waals surface area (Å²) in [6.45, 7) is 1.15. The lowest BCUT2D eigenvalue weighted by Gasteiger charge is -2.43. The molecular weight excluding hydrogens is 353 g/mol. The molecular formula is C19H18FN3O4. The minimum absolute atomic E-state index is 0.0317. The Balaban J connectivity index is 1.73. The van der Waals surface area contributed by atoms with Gasteiger partial charge < -0.3 is 9.32 Å². The van der Waals surface area contributed by atoms with Crippen LogP contribution in [0.1, 0.15) is 35.0 Å². The maximum absolute atomic E-state index is 13.2. The molecule has 1 aromatic carbocycles. The SMILES string of the molecule is O=C(c1ccc(F)cc1)C1CC([N+](=O)[O-])C(c2ccco2)N2CCCN=C12. The van der Waals surface area contributed by atoms with Gasteiger partial charge in [0.05, 0.1) is 12.2 Å². The predicted molar refractivity (Wildman–Crippen MR) is 94.7 cm³/mol. The molecule has 1 fully saturated rings. The van der Waals surface area contributed by atoms with Crippen molar-refractivity contribution in [2.75, 3.05) is 13.1 Å². The Morgan fingerprint density at radius 2 is 2.07 bits per heavy atom. The van der Waals surface area contributed by atoms with Gasteiger partial charge in [-0.2, -0.15) is 0 Å². The number of carbonyl (C=O) groups is 1. The molecule has 0 spiro atoms. The number of amidine groups is 1. The van der Waals surface area contributed by atoms with E-state index in [9.17, 15) is 19.3 Å². The van der Waals surface area contributed by atoms with E-state index in [0.717, 1.165) is 6.42 Å². The third kappa shape index (κ3) is 3.11. The van der Waals surface area contributed by atoms with E-state index in [1.54, 1.807) is 12.1 Å². The standard InChI is InChI=1S/C19H18FN3O4/c20-13-6-4-12(5-7-13)18(24)14-11-15(23(25)26)17(16-3-1-10-27-16)22-9-2-8-21-19(14)22/h1,3-7,10,14-15,17H,2,8-9,11H2.